The van der Waals surface area contributed by atoms with Gasteiger partial charge in [-0.25, -0.2) is 0 Å². The van der Waals surface area contributed by atoms with Gasteiger partial charge in [0.1, 0.15) is 12.6 Å². The largest absolute Gasteiger partial charge is 0.756 e. The zero-order chi connectivity index (χ0) is 14.4. The number of phosphoric acid groups is 1. The number of phosphoric ester groups is 1. The van der Waals surface area contributed by atoms with Crippen LogP contribution in [0.2, 0.25) is 0 Å². The summed E-state index contributed by atoms with van der Waals surface area (Å²) in [5.74, 6) is -0.285. The first-order valence-electron chi connectivity index (χ1n) is 5.46. The smallest absolute Gasteiger partial charge is 0.265 e. The van der Waals surface area contributed by atoms with Gasteiger partial charge in [0.05, 0.1) is 21.1 Å². The number of carbonyl (C=O) groups is 1. The van der Waals surface area contributed by atoms with Crippen molar-refractivity contribution in [2.24, 2.45) is 0 Å². The molecule has 0 aromatic heterocycles. The van der Waals surface area contributed by atoms with Crippen LogP contribution in [0.5, 0.6) is 0 Å². The summed E-state index contributed by atoms with van der Waals surface area (Å²) in [5, 5.41) is 2.60. The Morgan fingerprint density at radius 3 is 2.56 bits per heavy atom. The molecule has 0 heterocycles. The van der Waals surface area contributed by atoms with E-state index >= 15 is 0 Å². The summed E-state index contributed by atoms with van der Waals surface area (Å²) >= 11 is 0. The summed E-state index contributed by atoms with van der Waals surface area (Å²) in [5.41, 5.74) is 0. The Kier molecular flexibility index (Phi) is 6.73. The van der Waals surface area contributed by atoms with E-state index in [0.717, 1.165) is 6.08 Å². The zero-order valence-corrected chi connectivity index (χ0v) is 11.9. The van der Waals surface area contributed by atoms with E-state index in [-0.39, 0.29) is 18.6 Å². The third-order valence-corrected chi connectivity index (χ3v) is 2.96. The van der Waals surface area contributed by atoms with Crippen molar-refractivity contribution in [3.63, 3.8) is 0 Å². The van der Waals surface area contributed by atoms with Crippen LogP contribution in [0.25, 0.3) is 0 Å². The first-order chi connectivity index (χ1) is 8.06. The standard InChI is InChI=1S/C10H21N2O5P/c1-5-10(13)11-7-6-9(12(2,3)4)8-17-18(14,15)16/h5,9H,1,6-8H2,2-4H3,(H2-,11,13,14,15,16). The van der Waals surface area contributed by atoms with Crippen LogP contribution in [0, 0.1) is 0 Å². The minimum atomic E-state index is -4.71. The molecule has 7 nitrogen and oxygen atoms in total. The van der Waals surface area contributed by atoms with Gasteiger partial charge in [-0.2, -0.15) is 0 Å². The molecule has 1 amide bonds. The van der Waals surface area contributed by atoms with Gasteiger partial charge in [-0.3, -0.25) is 9.36 Å². The summed E-state index contributed by atoms with van der Waals surface area (Å²) in [6.45, 7) is 3.57. The second-order valence-electron chi connectivity index (χ2n) is 4.82. The summed E-state index contributed by atoms with van der Waals surface area (Å²) < 4.78 is 15.4. The lowest BCUT2D eigenvalue weighted by Crippen LogP contribution is -2.49. The molecular formula is C10H21N2O5P. The van der Waals surface area contributed by atoms with Crippen LogP contribution in [0.3, 0.4) is 0 Å². The number of amides is 1. The fourth-order valence-electron chi connectivity index (χ4n) is 1.31. The maximum Gasteiger partial charge on any atom is 0.265 e. The summed E-state index contributed by atoms with van der Waals surface area (Å²) in [4.78, 5) is 30.1. The molecule has 0 radical (unpaired) electrons. The predicted octanol–water partition coefficient (Wildman–Crippen LogP) is -0.769. The van der Waals surface area contributed by atoms with Gasteiger partial charge in [0, 0.05) is 13.0 Å². The molecule has 0 saturated heterocycles. The molecule has 0 aromatic carbocycles. The predicted molar refractivity (Wildman–Crippen MR) is 65.4 cm³/mol. The van der Waals surface area contributed by atoms with E-state index in [1.54, 1.807) is 0 Å². The van der Waals surface area contributed by atoms with Crippen LogP contribution in [-0.4, -0.2) is 55.6 Å². The van der Waals surface area contributed by atoms with Crippen molar-refractivity contribution in [3.05, 3.63) is 12.7 Å². The highest BCUT2D eigenvalue weighted by atomic mass is 31.2. The highest BCUT2D eigenvalue weighted by Crippen LogP contribution is 2.31. The van der Waals surface area contributed by atoms with E-state index in [0.29, 0.717) is 17.4 Å². The zero-order valence-electron chi connectivity index (χ0n) is 11.0. The van der Waals surface area contributed by atoms with Crippen molar-refractivity contribution in [3.8, 4) is 0 Å². The molecular weight excluding hydrogens is 259 g/mol. The lowest BCUT2D eigenvalue weighted by atomic mass is 10.1. The van der Waals surface area contributed by atoms with Crippen molar-refractivity contribution < 1.29 is 28.2 Å². The maximum absolute atomic E-state index is 11.0. The van der Waals surface area contributed by atoms with Gasteiger partial charge in [-0.1, -0.05) is 6.58 Å². The van der Waals surface area contributed by atoms with Crippen molar-refractivity contribution in [2.75, 3.05) is 34.3 Å². The van der Waals surface area contributed by atoms with Crippen LogP contribution in [-0.2, 0) is 13.9 Å². The minimum absolute atomic E-state index is 0.134. The van der Waals surface area contributed by atoms with Crippen molar-refractivity contribution in [2.45, 2.75) is 12.5 Å². The molecule has 0 rings (SSSR count). The molecule has 0 aliphatic carbocycles. The van der Waals surface area contributed by atoms with Gasteiger partial charge in [0.2, 0.25) is 5.91 Å². The Morgan fingerprint density at radius 1 is 1.61 bits per heavy atom. The molecule has 0 bridgehead atoms. The fraction of sp³-hybridized carbons (Fsp3) is 0.700. The molecule has 2 N–H and O–H groups in total. The van der Waals surface area contributed by atoms with E-state index in [9.17, 15) is 14.3 Å². The number of hydrogen-bond acceptors (Lipinski definition) is 4. The Labute approximate surface area is 107 Å². The van der Waals surface area contributed by atoms with E-state index in [1.165, 1.54) is 0 Å². The van der Waals surface area contributed by atoms with Gasteiger partial charge in [0.25, 0.3) is 7.82 Å². The molecule has 2 unspecified atom stereocenters. The molecule has 0 aliphatic heterocycles. The molecule has 0 aliphatic rings. The van der Waals surface area contributed by atoms with Crippen LogP contribution >= 0.6 is 7.82 Å². The normalized spacial score (nSPS) is 16.7. The van der Waals surface area contributed by atoms with Gasteiger partial charge < -0.3 is 24.1 Å². The Bertz CT molecular complexity index is 334. The molecule has 2 atom stereocenters. The molecule has 8 heteroatoms. The number of carbonyl (C=O) groups excluding carboxylic acids is 1. The Morgan fingerprint density at radius 2 is 2.17 bits per heavy atom. The summed E-state index contributed by atoms with van der Waals surface area (Å²) in [6, 6.07) is -0.176. The maximum atomic E-state index is 11.0. The summed E-state index contributed by atoms with van der Waals surface area (Å²) in [6.07, 6.45) is 1.68. The molecule has 0 fully saturated rings. The first-order valence-corrected chi connectivity index (χ1v) is 6.95. The molecule has 0 aromatic rings. The van der Waals surface area contributed by atoms with Gasteiger partial charge >= 0.3 is 0 Å². The number of hydrogen-bond donors (Lipinski definition) is 2. The van der Waals surface area contributed by atoms with Gasteiger partial charge in [0.15, 0.2) is 0 Å². The molecule has 106 valence electrons. The topological polar surface area (TPSA) is 98.7 Å². The SMILES string of the molecule is C=CC(=O)NCCC(COP(=O)([O-])O)[N+](C)(C)C. The van der Waals surface area contributed by atoms with Gasteiger partial charge in [-0.05, 0) is 6.08 Å². The monoisotopic (exact) mass is 280 g/mol. The molecule has 0 spiro atoms. The highest BCUT2D eigenvalue weighted by Gasteiger charge is 2.25. The van der Waals surface area contributed by atoms with Gasteiger partial charge in [-0.15, -0.1) is 0 Å². The minimum Gasteiger partial charge on any atom is -0.756 e. The lowest BCUT2D eigenvalue weighted by molar-refractivity contribution is -0.896. The number of quaternary nitrogens is 1. The quantitative estimate of drug-likeness (QED) is 0.345. The average molecular weight is 280 g/mol. The Hall–Kier alpha value is -0.720. The number of rotatable bonds is 8. The van der Waals surface area contributed by atoms with Crippen molar-refractivity contribution >= 4 is 13.7 Å². The average Bonchev–Trinajstić information content (AvgIpc) is 2.19. The van der Waals surface area contributed by atoms with E-state index in [1.807, 2.05) is 21.1 Å². The second-order valence-corrected chi connectivity index (χ2v) is 6.01. The van der Waals surface area contributed by atoms with Crippen LogP contribution in [0.4, 0.5) is 0 Å². The van der Waals surface area contributed by atoms with Crippen LogP contribution in [0.1, 0.15) is 6.42 Å². The number of nitrogens with one attached hydrogen (secondary N) is 1. The van der Waals surface area contributed by atoms with E-state index in [4.69, 9.17) is 4.89 Å². The second kappa shape index (κ2) is 7.01. The van der Waals surface area contributed by atoms with E-state index < -0.39 is 7.82 Å². The van der Waals surface area contributed by atoms with Crippen LogP contribution in [0.15, 0.2) is 12.7 Å². The van der Waals surface area contributed by atoms with Crippen LogP contribution < -0.4 is 10.2 Å². The number of likely N-dealkylation sites (N-methyl/N-ethyl adjacent to an activating group) is 1. The van der Waals surface area contributed by atoms with E-state index in [2.05, 4.69) is 16.4 Å². The third kappa shape index (κ3) is 8.38. The third-order valence-electron chi connectivity index (χ3n) is 2.49. The number of nitrogens with zero attached hydrogens (tertiary/aromatic N) is 1. The Balaban J connectivity index is 4.30. The lowest BCUT2D eigenvalue weighted by Gasteiger charge is -2.34. The highest BCUT2D eigenvalue weighted by molar-refractivity contribution is 7.44. The molecule has 18 heavy (non-hydrogen) atoms. The van der Waals surface area contributed by atoms with Crippen molar-refractivity contribution in [1.29, 1.82) is 0 Å². The fourth-order valence-corrected chi connectivity index (χ4v) is 1.67. The first kappa shape index (κ1) is 17.3. The van der Waals surface area contributed by atoms with Crippen molar-refractivity contribution in [1.82, 2.24) is 5.32 Å². The summed E-state index contributed by atoms with van der Waals surface area (Å²) in [7, 11) is 0.905. The molecule has 0 saturated carbocycles.